The van der Waals surface area contributed by atoms with E-state index in [1.165, 1.54) is 4.70 Å². The Hall–Kier alpha value is -0.870. The normalized spacial score (nSPS) is 9.36. The molecule has 6 heteroatoms. The Morgan fingerprint density at radius 2 is 1.93 bits per heavy atom. The maximum absolute atomic E-state index is 8.70. The molecule has 0 aliphatic heterocycles. The first-order valence-electron chi connectivity index (χ1n) is 3.77. The van der Waals surface area contributed by atoms with Gasteiger partial charge < -0.3 is 0 Å². The standard InChI is InChI=1S/C8H7NS.HO3P/c1-6-9-7-4-2-3-5-8(7)10-6;1-4(2)3/h2-5H,1H3;(H-,1,2,3)/p+1. The SMILES string of the molecule is Cc1nc2ccccc2s1.O=[P+](O)O. The van der Waals surface area contributed by atoms with Gasteiger partial charge in [-0.1, -0.05) is 12.1 Å². The first-order valence-corrected chi connectivity index (χ1v) is 5.75. The maximum Gasteiger partial charge on any atom is 0.692 e. The summed E-state index contributed by atoms with van der Waals surface area (Å²) in [6.07, 6.45) is 0. The topological polar surface area (TPSA) is 70.4 Å². The summed E-state index contributed by atoms with van der Waals surface area (Å²) < 4.78 is 9.98. The third-order valence-electron chi connectivity index (χ3n) is 1.40. The lowest BCUT2D eigenvalue weighted by molar-refractivity contribution is 0.405. The van der Waals surface area contributed by atoms with E-state index < -0.39 is 8.25 Å². The van der Waals surface area contributed by atoms with Crippen LogP contribution in [-0.2, 0) is 4.57 Å². The van der Waals surface area contributed by atoms with E-state index in [0.717, 1.165) is 10.5 Å². The Morgan fingerprint density at radius 3 is 2.50 bits per heavy atom. The van der Waals surface area contributed by atoms with E-state index in [9.17, 15) is 0 Å². The van der Waals surface area contributed by atoms with Gasteiger partial charge in [0.25, 0.3) is 0 Å². The van der Waals surface area contributed by atoms with Crippen LogP contribution in [0, 0.1) is 6.92 Å². The van der Waals surface area contributed by atoms with E-state index in [1.807, 2.05) is 25.1 Å². The number of hydrogen-bond donors (Lipinski definition) is 2. The van der Waals surface area contributed by atoms with E-state index >= 15 is 0 Å². The minimum atomic E-state index is -2.87. The number of nitrogens with zero attached hydrogens (tertiary/aromatic N) is 1. The van der Waals surface area contributed by atoms with Crippen molar-refractivity contribution in [1.29, 1.82) is 0 Å². The van der Waals surface area contributed by atoms with Crippen molar-refractivity contribution in [3.63, 3.8) is 0 Å². The van der Waals surface area contributed by atoms with Crippen LogP contribution >= 0.6 is 19.6 Å². The molecule has 14 heavy (non-hydrogen) atoms. The molecule has 2 N–H and O–H groups in total. The Balaban J connectivity index is 0.000000213. The van der Waals surface area contributed by atoms with Gasteiger partial charge in [-0.3, -0.25) is 0 Å². The fourth-order valence-corrected chi connectivity index (χ4v) is 1.81. The zero-order valence-corrected chi connectivity index (χ0v) is 9.13. The van der Waals surface area contributed by atoms with Gasteiger partial charge in [0.15, 0.2) is 0 Å². The zero-order chi connectivity index (χ0) is 10.6. The van der Waals surface area contributed by atoms with Crippen LogP contribution in [0.3, 0.4) is 0 Å². The molecule has 0 saturated carbocycles. The molecule has 2 aromatic rings. The summed E-state index contributed by atoms with van der Waals surface area (Å²) in [5.41, 5.74) is 1.12. The highest BCUT2D eigenvalue weighted by Crippen LogP contribution is 2.19. The molecule has 0 aliphatic carbocycles. The molecule has 4 nitrogen and oxygen atoms in total. The molecular weight excluding hydrogens is 221 g/mol. The van der Waals surface area contributed by atoms with Gasteiger partial charge in [0.05, 0.1) is 15.2 Å². The third-order valence-corrected chi connectivity index (χ3v) is 2.35. The second-order valence-electron chi connectivity index (χ2n) is 2.45. The number of hydrogen-bond acceptors (Lipinski definition) is 3. The number of fused-ring (bicyclic) bond motifs is 1. The second kappa shape index (κ2) is 5.12. The molecule has 0 unspecified atom stereocenters. The van der Waals surface area contributed by atoms with Crippen molar-refractivity contribution in [2.75, 3.05) is 0 Å². The number of aryl methyl sites for hydroxylation is 1. The molecule has 0 atom stereocenters. The molecule has 0 radical (unpaired) electrons. The van der Waals surface area contributed by atoms with Gasteiger partial charge in [-0.2, -0.15) is 0 Å². The average molecular weight is 230 g/mol. The van der Waals surface area contributed by atoms with Crippen molar-refractivity contribution < 1.29 is 14.4 Å². The average Bonchev–Trinajstić information content (AvgIpc) is 2.42. The summed E-state index contributed by atoms with van der Waals surface area (Å²) in [7, 11) is -2.87. The Kier molecular flexibility index (Phi) is 4.10. The molecule has 0 amide bonds. The van der Waals surface area contributed by atoms with Gasteiger partial charge in [-0.05, 0) is 19.1 Å². The van der Waals surface area contributed by atoms with Crippen LogP contribution in [0.2, 0.25) is 0 Å². The zero-order valence-electron chi connectivity index (χ0n) is 7.41. The monoisotopic (exact) mass is 230 g/mol. The van der Waals surface area contributed by atoms with E-state index in [0.29, 0.717) is 0 Å². The van der Waals surface area contributed by atoms with Crippen LogP contribution in [0.25, 0.3) is 10.2 Å². The molecular formula is C8H9NO3PS+. The fraction of sp³-hybridized carbons (Fsp3) is 0.125. The van der Waals surface area contributed by atoms with Gasteiger partial charge in [-0.25, -0.2) is 4.98 Å². The largest absolute Gasteiger partial charge is 0.692 e. The molecule has 0 aliphatic rings. The van der Waals surface area contributed by atoms with Crippen molar-refractivity contribution in [2.24, 2.45) is 0 Å². The first-order chi connectivity index (χ1) is 6.59. The summed E-state index contributed by atoms with van der Waals surface area (Å²) in [6.45, 7) is 2.03. The van der Waals surface area contributed by atoms with Crippen LogP contribution in [0.5, 0.6) is 0 Å². The number of thiazole rings is 1. The Morgan fingerprint density at radius 1 is 1.36 bits per heavy atom. The van der Waals surface area contributed by atoms with Crippen LogP contribution < -0.4 is 0 Å². The van der Waals surface area contributed by atoms with E-state index in [2.05, 4.69) is 11.1 Å². The summed E-state index contributed by atoms with van der Waals surface area (Å²) in [6, 6.07) is 8.19. The van der Waals surface area contributed by atoms with Crippen molar-refractivity contribution in [2.45, 2.75) is 6.92 Å². The lowest BCUT2D eigenvalue weighted by Crippen LogP contribution is -1.65. The maximum atomic E-state index is 8.70. The highest BCUT2D eigenvalue weighted by atomic mass is 32.1. The summed E-state index contributed by atoms with van der Waals surface area (Å²) >= 11 is 1.74. The highest BCUT2D eigenvalue weighted by molar-refractivity contribution is 7.30. The van der Waals surface area contributed by atoms with Crippen LogP contribution in [-0.4, -0.2) is 14.8 Å². The number of para-hydroxylation sites is 1. The van der Waals surface area contributed by atoms with Crippen LogP contribution in [0.15, 0.2) is 24.3 Å². The minimum Gasteiger partial charge on any atom is -0.242 e. The Bertz CT molecular complexity index is 406. The molecule has 0 fully saturated rings. The van der Waals surface area contributed by atoms with Gasteiger partial charge in [0, 0.05) is 4.57 Å². The number of benzene rings is 1. The third kappa shape index (κ3) is 3.47. The molecule has 2 rings (SSSR count). The fourth-order valence-electron chi connectivity index (χ4n) is 0.987. The lowest BCUT2D eigenvalue weighted by Gasteiger charge is -1.80. The van der Waals surface area contributed by atoms with Gasteiger partial charge in [-0.15, -0.1) is 21.1 Å². The van der Waals surface area contributed by atoms with Crippen molar-refractivity contribution in [3.8, 4) is 0 Å². The van der Waals surface area contributed by atoms with Gasteiger partial charge in [0.2, 0.25) is 0 Å². The second-order valence-corrected chi connectivity index (χ2v) is 4.19. The Labute approximate surface area is 85.8 Å². The summed E-state index contributed by atoms with van der Waals surface area (Å²) in [5, 5.41) is 1.14. The van der Waals surface area contributed by atoms with Gasteiger partial charge in [0.1, 0.15) is 0 Å². The molecule has 74 valence electrons. The van der Waals surface area contributed by atoms with E-state index in [-0.39, 0.29) is 0 Å². The minimum absolute atomic E-state index is 1.12. The number of aromatic nitrogens is 1. The van der Waals surface area contributed by atoms with E-state index in [1.54, 1.807) is 11.3 Å². The first kappa shape index (κ1) is 11.2. The van der Waals surface area contributed by atoms with Gasteiger partial charge >= 0.3 is 8.25 Å². The molecule has 1 heterocycles. The highest BCUT2D eigenvalue weighted by Gasteiger charge is 1.95. The summed E-state index contributed by atoms with van der Waals surface area (Å²) in [4.78, 5) is 18.6. The predicted molar refractivity (Wildman–Crippen MR) is 56.4 cm³/mol. The lowest BCUT2D eigenvalue weighted by atomic mass is 10.3. The molecule has 0 saturated heterocycles. The number of rotatable bonds is 0. The smallest absolute Gasteiger partial charge is 0.242 e. The van der Waals surface area contributed by atoms with Crippen LogP contribution in [0.4, 0.5) is 0 Å². The van der Waals surface area contributed by atoms with Crippen molar-refractivity contribution >= 4 is 29.8 Å². The quantitative estimate of drug-likeness (QED) is 0.681. The van der Waals surface area contributed by atoms with E-state index in [4.69, 9.17) is 14.4 Å². The molecule has 1 aromatic heterocycles. The molecule has 1 aromatic carbocycles. The molecule has 0 bridgehead atoms. The predicted octanol–water partition coefficient (Wildman–Crippen LogP) is 2.23. The van der Waals surface area contributed by atoms with Crippen molar-refractivity contribution in [3.05, 3.63) is 29.3 Å². The summed E-state index contributed by atoms with van der Waals surface area (Å²) in [5.74, 6) is 0. The molecule has 0 spiro atoms. The van der Waals surface area contributed by atoms with Crippen molar-refractivity contribution in [1.82, 2.24) is 4.98 Å². The van der Waals surface area contributed by atoms with Crippen LogP contribution in [0.1, 0.15) is 5.01 Å².